The number of aryl methyl sites for hydroxylation is 2. The van der Waals surface area contributed by atoms with E-state index >= 15 is 0 Å². The van der Waals surface area contributed by atoms with Gasteiger partial charge in [0, 0.05) is 41.1 Å². The number of hydrogen-bond donors (Lipinski definition) is 2. The summed E-state index contributed by atoms with van der Waals surface area (Å²) in [5.41, 5.74) is 2.25. The van der Waals surface area contributed by atoms with Gasteiger partial charge in [0.15, 0.2) is 0 Å². The summed E-state index contributed by atoms with van der Waals surface area (Å²) in [5, 5.41) is 3.29. The minimum absolute atomic E-state index is 0.326. The zero-order chi connectivity index (χ0) is 21.1. The van der Waals surface area contributed by atoms with Crippen molar-refractivity contribution >= 4 is 44.5 Å². The number of aromatic nitrogens is 2. The van der Waals surface area contributed by atoms with E-state index in [2.05, 4.69) is 24.9 Å². The van der Waals surface area contributed by atoms with E-state index in [1.165, 1.54) is 24.2 Å². The fourth-order valence-corrected chi connectivity index (χ4v) is 5.70. The van der Waals surface area contributed by atoms with Crippen molar-refractivity contribution in [1.29, 1.82) is 0 Å². The number of nitrogens with one attached hydrogen (secondary N) is 2. The zero-order valence-corrected chi connectivity index (χ0v) is 18.7. The van der Waals surface area contributed by atoms with Crippen LogP contribution in [0.15, 0.2) is 46.7 Å². The van der Waals surface area contributed by atoms with Crippen LogP contribution in [0.3, 0.4) is 0 Å². The Morgan fingerprint density at radius 3 is 2.40 bits per heavy atom. The lowest BCUT2D eigenvalue weighted by atomic mass is 10.3. The maximum atomic E-state index is 12.6. The predicted molar refractivity (Wildman–Crippen MR) is 122 cm³/mol. The van der Waals surface area contributed by atoms with Gasteiger partial charge in [0.2, 0.25) is 5.95 Å². The van der Waals surface area contributed by atoms with E-state index in [0.29, 0.717) is 9.90 Å². The van der Waals surface area contributed by atoms with E-state index < -0.39 is 10.0 Å². The molecule has 0 amide bonds. The Morgan fingerprint density at radius 1 is 1.03 bits per heavy atom. The van der Waals surface area contributed by atoms with Gasteiger partial charge in [0.05, 0.1) is 0 Å². The molecule has 9 heteroatoms. The van der Waals surface area contributed by atoms with Gasteiger partial charge in [-0.25, -0.2) is 13.4 Å². The summed E-state index contributed by atoms with van der Waals surface area (Å²) in [6.45, 7) is 5.94. The minimum atomic E-state index is -3.57. The molecule has 1 aliphatic heterocycles. The number of sulfonamides is 1. The number of anilines is 4. The molecule has 2 N–H and O–H groups in total. The average Bonchev–Trinajstić information content (AvgIpc) is 3.41. The molecular formula is C21H25N5O2S2. The highest BCUT2D eigenvalue weighted by Crippen LogP contribution is 2.26. The van der Waals surface area contributed by atoms with Gasteiger partial charge in [-0.2, -0.15) is 4.98 Å². The van der Waals surface area contributed by atoms with Crippen molar-refractivity contribution in [2.24, 2.45) is 0 Å². The van der Waals surface area contributed by atoms with Crippen molar-refractivity contribution in [3.8, 4) is 0 Å². The van der Waals surface area contributed by atoms with E-state index in [4.69, 9.17) is 0 Å². The smallest absolute Gasteiger partial charge is 0.271 e. The van der Waals surface area contributed by atoms with E-state index in [-0.39, 0.29) is 0 Å². The summed E-state index contributed by atoms with van der Waals surface area (Å²) < 4.78 is 28.1. The molecule has 4 rings (SSSR count). The van der Waals surface area contributed by atoms with Crippen LogP contribution in [0.5, 0.6) is 0 Å². The average molecular weight is 444 g/mol. The normalized spacial score (nSPS) is 14.1. The number of rotatable bonds is 7. The highest BCUT2D eigenvalue weighted by Gasteiger charge is 2.17. The molecule has 3 heterocycles. The molecule has 1 fully saturated rings. The summed E-state index contributed by atoms with van der Waals surface area (Å²) in [6.07, 6.45) is 3.16. The monoisotopic (exact) mass is 443 g/mol. The third kappa shape index (κ3) is 4.73. The van der Waals surface area contributed by atoms with E-state index in [1.54, 1.807) is 18.2 Å². The topological polar surface area (TPSA) is 87.2 Å². The summed E-state index contributed by atoms with van der Waals surface area (Å²) in [7, 11) is -3.57. The maximum Gasteiger partial charge on any atom is 0.271 e. The lowest BCUT2D eigenvalue weighted by Crippen LogP contribution is -2.21. The quantitative estimate of drug-likeness (QED) is 0.557. The van der Waals surface area contributed by atoms with Gasteiger partial charge in [-0.15, -0.1) is 11.3 Å². The largest absolute Gasteiger partial charge is 0.341 e. The summed E-state index contributed by atoms with van der Waals surface area (Å²) in [6, 6.07) is 12.5. The molecule has 0 bridgehead atoms. The maximum absolute atomic E-state index is 12.6. The first-order chi connectivity index (χ1) is 14.4. The van der Waals surface area contributed by atoms with Crippen LogP contribution in [-0.2, 0) is 16.4 Å². The fraction of sp³-hybridized carbons (Fsp3) is 0.333. The molecule has 0 radical (unpaired) electrons. The van der Waals surface area contributed by atoms with Gasteiger partial charge >= 0.3 is 0 Å². The van der Waals surface area contributed by atoms with Crippen LogP contribution in [0.4, 0.5) is 23.1 Å². The summed E-state index contributed by atoms with van der Waals surface area (Å²) in [5.74, 6) is 1.48. The Kier molecular flexibility index (Phi) is 5.92. The van der Waals surface area contributed by atoms with Crippen molar-refractivity contribution in [3.63, 3.8) is 0 Å². The van der Waals surface area contributed by atoms with Crippen molar-refractivity contribution in [3.05, 3.63) is 53.0 Å². The van der Waals surface area contributed by atoms with Crippen molar-refractivity contribution in [2.75, 3.05) is 28.0 Å². The minimum Gasteiger partial charge on any atom is -0.341 e. The summed E-state index contributed by atoms with van der Waals surface area (Å²) in [4.78, 5) is 12.4. The van der Waals surface area contributed by atoms with E-state index in [9.17, 15) is 8.42 Å². The molecular weight excluding hydrogens is 418 g/mol. The molecule has 0 spiro atoms. The van der Waals surface area contributed by atoms with Gasteiger partial charge in [0.1, 0.15) is 10.0 Å². The van der Waals surface area contributed by atoms with Crippen LogP contribution in [0.25, 0.3) is 0 Å². The molecule has 158 valence electrons. The summed E-state index contributed by atoms with van der Waals surface area (Å²) >= 11 is 1.30. The van der Waals surface area contributed by atoms with Crippen molar-refractivity contribution in [1.82, 2.24) is 9.97 Å². The van der Waals surface area contributed by atoms with Crippen LogP contribution in [0.2, 0.25) is 0 Å². The van der Waals surface area contributed by atoms with E-state index in [0.717, 1.165) is 47.5 Å². The molecule has 1 aromatic carbocycles. The Morgan fingerprint density at radius 2 is 1.73 bits per heavy atom. The Labute approximate surface area is 181 Å². The Bertz CT molecular complexity index is 1120. The molecule has 30 heavy (non-hydrogen) atoms. The van der Waals surface area contributed by atoms with Crippen LogP contribution < -0.4 is 14.9 Å². The van der Waals surface area contributed by atoms with Crippen LogP contribution in [-0.4, -0.2) is 31.5 Å². The second kappa shape index (κ2) is 8.61. The third-order valence-electron chi connectivity index (χ3n) is 4.89. The number of benzene rings is 1. The molecule has 0 unspecified atom stereocenters. The molecule has 7 nitrogen and oxygen atoms in total. The lowest BCUT2D eigenvalue weighted by molar-refractivity contribution is 0.603. The SMILES string of the molecule is CCc1ccc(S(=O)(=O)Nc2ccc(Nc3cc(C)nc(N4CCCC4)n3)cc2)s1. The first-order valence-corrected chi connectivity index (χ1v) is 12.3. The van der Waals surface area contributed by atoms with Crippen LogP contribution >= 0.6 is 11.3 Å². The molecule has 2 aromatic heterocycles. The standard InChI is InChI=1S/C21H25N5O2S2/c1-3-18-10-11-20(29-18)30(27,28)25-17-8-6-16(7-9-17)23-19-14-15(2)22-21(24-19)26-12-4-5-13-26/h6-11,14,25H,3-5,12-13H2,1-2H3,(H,22,23,24). The van der Waals surface area contributed by atoms with Gasteiger partial charge in [-0.3, -0.25) is 4.72 Å². The van der Waals surface area contributed by atoms with Gasteiger partial charge in [-0.05, 0) is 62.6 Å². The van der Waals surface area contributed by atoms with Gasteiger partial charge < -0.3 is 10.2 Å². The molecule has 1 saturated heterocycles. The molecule has 1 aliphatic rings. The third-order valence-corrected chi connectivity index (χ3v) is 7.99. The number of nitrogens with zero attached hydrogens (tertiary/aromatic N) is 3. The fourth-order valence-electron chi connectivity index (χ4n) is 3.34. The van der Waals surface area contributed by atoms with E-state index in [1.807, 2.05) is 38.1 Å². The number of hydrogen-bond acceptors (Lipinski definition) is 7. The van der Waals surface area contributed by atoms with Crippen LogP contribution in [0, 0.1) is 6.92 Å². The zero-order valence-electron chi connectivity index (χ0n) is 17.1. The predicted octanol–water partition coefficient (Wildman–Crippen LogP) is 4.55. The second-order valence-corrected chi connectivity index (χ2v) is 10.3. The van der Waals surface area contributed by atoms with Crippen molar-refractivity contribution in [2.45, 2.75) is 37.3 Å². The molecule has 0 aliphatic carbocycles. The van der Waals surface area contributed by atoms with Gasteiger partial charge in [0.25, 0.3) is 10.0 Å². The first-order valence-electron chi connectivity index (χ1n) is 10.0. The highest BCUT2D eigenvalue weighted by molar-refractivity contribution is 7.94. The number of thiophene rings is 1. The Hall–Kier alpha value is -2.65. The molecule has 3 aromatic rings. The van der Waals surface area contributed by atoms with Crippen molar-refractivity contribution < 1.29 is 8.42 Å². The van der Waals surface area contributed by atoms with Gasteiger partial charge in [-0.1, -0.05) is 6.92 Å². The lowest BCUT2D eigenvalue weighted by Gasteiger charge is -2.17. The second-order valence-electron chi connectivity index (χ2n) is 7.27. The highest BCUT2D eigenvalue weighted by atomic mass is 32.2. The first kappa shape index (κ1) is 20.6. The Balaban J connectivity index is 1.46. The molecule has 0 atom stereocenters. The molecule has 0 saturated carbocycles. The van der Waals surface area contributed by atoms with Crippen LogP contribution in [0.1, 0.15) is 30.3 Å².